The van der Waals surface area contributed by atoms with E-state index in [2.05, 4.69) is 23.8 Å². The van der Waals surface area contributed by atoms with Crippen LogP contribution >= 0.6 is 0 Å². The molecule has 12 heavy (non-hydrogen) atoms. The van der Waals surface area contributed by atoms with Gasteiger partial charge in [0.05, 0.1) is 0 Å². The highest BCUT2D eigenvalue weighted by molar-refractivity contribution is 5.72. The first-order valence-corrected chi connectivity index (χ1v) is 3.97. The molecule has 0 bridgehead atoms. The monoisotopic (exact) mass is 162 g/mol. The predicted molar refractivity (Wildman–Crippen MR) is 45.9 cm³/mol. The largest absolute Gasteiger partial charge is 0.425 e. The van der Waals surface area contributed by atoms with Gasteiger partial charge in [-0.05, 0) is 17.5 Å². The molecule has 0 saturated heterocycles. The van der Waals surface area contributed by atoms with Crippen molar-refractivity contribution in [2.75, 3.05) is 0 Å². The van der Waals surface area contributed by atoms with Crippen molar-refractivity contribution in [2.45, 2.75) is 19.8 Å². The SMILES string of the molecule is CC(C)c1ccnc2ocnc12. The van der Waals surface area contributed by atoms with Crippen LogP contribution in [0, 0.1) is 0 Å². The quantitative estimate of drug-likeness (QED) is 0.646. The van der Waals surface area contributed by atoms with Gasteiger partial charge in [0.1, 0.15) is 5.52 Å². The molecule has 0 aliphatic rings. The molecular formula is C9H10N2O. The first-order valence-electron chi connectivity index (χ1n) is 3.97. The van der Waals surface area contributed by atoms with Crippen LogP contribution in [0.25, 0.3) is 11.2 Å². The fourth-order valence-corrected chi connectivity index (χ4v) is 1.26. The van der Waals surface area contributed by atoms with Crippen molar-refractivity contribution in [1.29, 1.82) is 0 Å². The van der Waals surface area contributed by atoms with E-state index in [0.29, 0.717) is 11.6 Å². The second-order valence-electron chi connectivity index (χ2n) is 3.06. The Labute approximate surface area is 70.4 Å². The molecule has 3 heteroatoms. The van der Waals surface area contributed by atoms with Gasteiger partial charge in [-0.15, -0.1) is 0 Å². The van der Waals surface area contributed by atoms with E-state index >= 15 is 0 Å². The van der Waals surface area contributed by atoms with Crippen molar-refractivity contribution in [2.24, 2.45) is 0 Å². The molecule has 3 nitrogen and oxygen atoms in total. The topological polar surface area (TPSA) is 38.9 Å². The molecule has 2 aromatic heterocycles. The summed E-state index contributed by atoms with van der Waals surface area (Å²) in [6, 6.07) is 1.98. The zero-order valence-corrected chi connectivity index (χ0v) is 7.11. The molecule has 0 amide bonds. The molecule has 0 aliphatic carbocycles. The summed E-state index contributed by atoms with van der Waals surface area (Å²) in [6.07, 6.45) is 3.19. The normalized spacial score (nSPS) is 11.2. The van der Waals surface area contributed by atoms with E-state index in [9.17, 15) is 0 Å². The maximum atomic E-state index is 5.09. The van der Waals surface area contributed by atoms with E-state index in [0.717, 1.165) is 5.52 Å². The van der Waals surface area contributed by atoms with Crippen LogP contribution in [-0.2, 0) is 0 Å². The van der Waals surface area contributed by atoms with Crippen LogP contribution in [0.2, 0.25) is 0 Å². The van der Waals surface area contributed by atoms with Gasteiger partial charge in [-0.25, -0.2) is 9.97 Å². The third kappa shape index (κ3) is 0.978. The number of oxazole rings is 1. The summed E-state index contributed by atoms with van der Waals surface area (Å²) in [5, 5.41) is 0. The lowest BCUT2D eigenvalue weighted by molar-refractivity contribution is 0.590. The van der Waals surface area contributed by atoms with Gasteiger partial charge in [0.15, 0.2) is 6.39 Å². The molecule has 0 aliphatic heterocycles. The molecule has 0 N–H and O–H groups in total. The molecule has 0 aromatic carbocycles. The van der Waals surface area contributed by atoms with Gasteiger partial charge in [-0.3, -0.25) is 0 Å². The maximum Gasteiger partial charge on any atom is 0.246 e. The number of fused-ring (bicyclic) bond motifs is 1. The summed E-state index contributed by atoms with van der Waals surface area (Å²) >= 11 is 0. The lowest BCUT2D eigenvalue weighted by Crippen LogP contribution is -1.89. The lowest BCUT2D eigenvalue weighted by Gasteiger charge is -2.03. The molecule has 2 rings (SSSR count). The van der Waals surface area contributed by atoms with E-state index in [1.165, 1.54) is 12.0 Å². The van der Waals surface area contributed by atoms with E-state index < -0.39 is 0 Å². The third-order valence-electron chi connectivity index (χ3n) is 1.89. The molecular weight excluding hydrogens is 152 g/mol. The van der Waals surface area contributed by atoms with E-state index in [-0.39, 0.29) is 0 Å². The van der Waals surface area contributed by atoms with Crippen molar-refractivity contribution >= 4 is 11.2 Å². The minimum absolute atomic E-state index is 0.459. The van der Waals surface area contributed by atoms with Crippen molar-refractivity contribution in [1.82, 2.24) is 9.97 Å². The Hall–Kier alpha value is -1.38. The molecule has 2 aromatic rings. The number of pyridine rings is 1. The number of aromatic nitrogens is 2. The van der Waals surface area contributed by atoms with Crippen LogP contribution in [0.4, 0.5) is 0 Å². The fourth-order valence-electron chi connectivity index (χ4n) is 1.26. The number of nitrogens with zero attached hydrogens (tertiary/aromatic N) is 2. The van der Waals surface area contributed by atoms with Crippen molar-refractivity contribution in [3.05, 3.63) is 24.2 Å². The Morgan fingerprint density at radius 1 is 1.33 bits per heavy atom. The zero-order chi connectivity index (χ0) is 8.55. The Balaban J connectivity index is 2.73. The van der Waals surface area contributed by atoms with Gasteiger partial charge in [-0.2, -0.15) is 0 Å². The van der Waals surface area contributed by atoms with E-state index in [1.54, 1.807) is 6.20 Å². The minimum Gasteiger partial charge on any atom is -0.425 e. The Kier molecular flexibility index (Phi) is 1.57. The molecule has 0 radical (unpaired) electrons. The Bertz CT molecular complexity index is 392. The summed E-state index contributed by atoms with van der Waals surface area (Å²) in [5.74, 6) is 0.459. The Morgan fingerprint density at radius 2 is 2.17 bits per heavy atom. The van der Waals surface area contributed by atoms with Gasteiger partial charge in [0, 0.05) is 6.20 Å². The highest BCUT2D eigenvalue weighted by Crippen LogP contribution is 2.21. The van der Waals surface area contributed by atoms with Crippen LogP contribution in [0.3, 0.4) is 0 Å². The van der Waals surface area contributed by atoms with Gasteiger partial charge >= 0.3 is 0 Å². The lowest BCUT2D eigenvalue weighted by atomic mass is 10.0. The minimum atomic E-state index is 0.459. The summed E-state index contributed by atoms with van der Waals surface area (Å²) < 4.78 is 5.09. The summed E-state index contributed by atoms with van der Waals surface area (Å²) in [7, 11) is 0. The molecule has 0 atom stereocenters. The predicted octanol–water partition coefficient (Wildman–Crippen LogP) is 2.35. The molecule has 0 spiro atoms. The van der Waals surface area contributed by atoms with Gasteiger partial charge in [-0.1, -0.05) is 13.8 Å². The average molecular weight is 162 g/mol. The van der Waals surface area contributed by atoms with Crippen molar-refractivity contribution < 1.29 is 4.42 Å². The second kappa shape index (κ2) is 2.59. The first-order chi connectivity index (χ1) is 5.79. The van der Waals surface area contributed by atoms with E-state index in [1.807, 2.05) is 6.07 Å². The van der Waals surface area contributed by atoms with Crippen LogP contribution in [-0.4, -0.2) is 9.97 Å². The second-order valence-corrected chi connectivity index (χ2v) is 3.06. The highest BCUT2D eigenvalue weighted by atomic mass is 16.3. The van der Waals surface area contributed by atoms with Crippen LogP contribution in [0.5, 0.6) is 0 Å². The summed E-state index contributed by atoms with van der Waals surface area (Å²) in [4.78, 5) is 8.17. The molecule has 2 heterocycles. The smallest absolute Gasteiger partial charge is 0.246 e. The highest BCUT2D eigenvalue weighted by Gasteiger charge is 2.08. The number of hydrogen-bond donors (Lipinski definition) is 0. The van der Waals surface area contributed by atoms with Gasteiger partial charge < -0.3 is 4.42 Å². The van der Waals surface area contributed by atoms with Crippen LogP contribution < -0.4 is 0 Å². The number of hydrogen-bond acceptors (Lipinski definition) is 3. The summed E-state index contributed by atoms with van der Waals surface area (Å²) in [6.45, 7) is 4.26. The van der Waals surface area contributed by atoms with Gasteiger partial charge in [0.2, 0.25) is 5.71 Å². The summed E-state index contributed by atoms with van der Waals surface area (Å²) in [5.41, 5.74) is 2.70. The average Bonchev–Trinajstić information content (AvgIpc) is 2.49. The fraction of sp³-hybridized carbons (Fsp3) is 0.333. The van der Waals surface area contributed by atoms with Gasteiger partial charge in [0.25, 0.3) is 0 Å². The molecule has 0 saturated carbocycles. The molecule has 0 fully saturated rings. The first kappa shape index (κ1) is 7.28. The Morgan fingerprint density at radius 3 is 2.92 bits per heavy atom. The van der Waals surface area contributed by atoms with E-state index in [4.69, 9.17) is 4.42 Å². The number of rotatable bonds is 1. The maximum absolute atomic E-state index is 5.09. The van der Waals surface area contributed by atoms with Crippen molar-refractivity contribution in [3.8, 4) is 0 Å². The standard InChI is InChI=1S/C9H10N2O/c1-6(2)7-3-4-10-9-8(7)11-5-12-9/h3-6H,1-2H3. The van der Waals surface area contributed by atoms with Crippen molar-refractivity contribution in [3.63, 3.8) is 0 Å². The zero-order valence-electron chi connectivity index (χ0n) is 7.11. The van der Waals surface area contributed by atoms with Crippen LogP contribution in [0.1, 0.15) is 25.3 Å². The van der Waals surface area contributed by atoms with Crippen LogP contribution in [0.15, 0.2) is 23.1 Å². The molecule has 0 unspecified atom stereocenters. The molecule has 62 valence electrons. The third-order valence-corrected chi connectivity index (χ3v) is 1.89.